The molecule has 0 radical (unpaired) electrons. The minimum Gasteiger partial charge on any atom is -0.323 e. The third-order valence-corrected chi connectivity index (χ3v) is 3.99. The van der Waals surface area contributed by atoms with Crippen LogP contribution in [0.4, 0.5) is 0 Å². The van der Waals surface area contributed by atoms with Gasteiger partial charge in [-0.15, -0.1) is 0 Å². The van der Waals surface area contributed by atoms with Gasteiger partial charge in [0.2, 0.25) is 5.91 Å². The Kier molecular flexibility index (Phi) is 3.53. The lowest BCUT2D eigenvalue weighted by Gasteiger charge is -2.33. The molecule has 1 aliphatic heterocycles. The molecule has 1 aliphatic carbocycles. The zero-order valence-electron chi connectivity index (χ0n) is 10.7. The zero-order valence-corrected chi connectivity index (χ0v) is 10.7. The maximum absolute atomic E-state index is 12.3. The molecule has 1 amide bonds. The fourth-order valence-electron chi connectivity index (χ4n) is 3.10. The fourth-order valence-corrected chi connectivity index (χ4v) is 3.10. The minimum absolute atomic E-state index is 0.0388. The third-order valence-electron chi connectivity index (χ3n) is 3.99. The van der Waals surface area contributed by atoms with Gasteiger partial charge < -0.3 is 4.90 Å². The zero-order chi connectivity index (χ0) is 11.7. The number of carbonyl (C=O) groups is 1. The normalized spacial score (nSPS) is 32.8. The number of nitrogens with zero attached hydrogens (tertiary/aromatic N) is 1. The number of carbonyl (C=O) groups excluding carboxylic acids is 1. The van der Waals surface area contributed by atoms with Crippen molar-refractivity contribution >= 4 is 5.91 Å². The van der Waals surface area contributed by atoms with Crippen molar-refractivity contribution in [2.45, 2.75) is 71.1 Å². The molecule has 3 heteroatoms. The number of rotatable bonds is 2. The summed E-state index contributed by atoms with van der Waals surface area (Å²) >= 11 is 0. The summed E-state index contributed by atoms with van der Waals surface area (Å²) in [4.78, 5) is 14.4. The molecule has 1 N–H and O–H groups in total. The lowest BCUT2D eigenvalue weighted by atomic mass is 9.93. The van der Waals surface area contributed by atoms with Crippen LogP contribution in [0, 0.1) is 5.92 Å². The van der Waals surface area contributed by atoms with E-state index in [-0.39, 0.29) is 12.2 Å². The molecule has 2 unspecified atom stereocenters. The van der Waals surface area contributed by atoms with Crippen molar-refractivity contribution < 1.29 is 4.79 Å². The minimum atomic E-state index is 0.0388. The van der Waals surface area contributed by atoms with Crippen molar-refractivity contribution in [3.8, 4) is 0 Å². The van der Waals surface area contributed by atoms with Gasteiger partial charge in [0.05, 0.1) is 12.2 Å². The van der Waals surface area contributed by atoms with Gasteiger partial charge in [-0.2, -0.15) is 0 Å². The monoisotopic (exact) mass is 224 g/mol. The van der Waals surface area contributed by atoms with Crippen LogP contribution in [0.15, 0.2) is 0 Å². The lowest BCUT2D eigenvalue weighted by Crippen LogP contribution is -2.44. The topological polar surface area (TPSA) is 32.3 Å². The number of amides is 1. The molecule has 2 aliphatic rings. The summed E-state index contributed by atoms with van der Waals surface area (Å²) in [6, 6.07) is 0.532. The van der Waals surface area contributed by atoms with Crippen molar-refractivity contribution in [2.24, 2.45) is 5.92 Å². The largest absolute Gasteiger partial charge is 0.323 e. The van der Waals surface area contributed by atoms with E-state index in [9.17, 15) is 4.79 Å². The molecule has 0 aromatic heterocycles. The van der Waals surface area contributed by atoms with E-state index in [1.807, 2.05) is 0 Å². The van der Waals surface area contributed by atoms with Crippen LogP contribution in [0.1, 0.15) is 52.9 Å². The molecule has 0 aromatic rings. The first-order valence-corrected chi connectivity index (χ1v) is 6.69. The standard InChI is InChI=1S/C13H24N2O/c1-9(2)12-13(16)15(10(3)14-12)11-7-5-4-6-8-11/h9-12,14H,4-8H2,1-3H3. The van der Waals surface area contributed by atoms with Crippen LogP contribution in [0.3, 0.4) is 0 Å². The first-order valence-electron chi connectivity index (χ1n) is 6.69. The molecular weight excluding hydrogens is 200 g/mol. The molecule has 2 fully saturated rings. The molecule has 0 bridgehead atoms. The van der Waals surface area contributed by atoms with E-state index in [0.717, 1.165) is 0 Å². The molecule has 0 aromatic carbocycles. The second-order valence-corrected chi connectivity index (χ2v) is 5.60. The Morgan fingerprint density at radius 3 is 2.38 bits per heavy atom. The van der Waals surface area contributed by atoms with Gasteiger partial charge in [-0.25, -0.2) is 0 Å². The Balaban J connectivity index is 2.06. The number of nitrogens with one attached hydrogen (secondary N) is 1. The summed E-state index contributed by atoms with van der Waals surface area (Å²) < 4.78 is 0. The summed E-state index contributed by atoms with van der Waals surface area (Å²) in [7, 11) is 0. The van der Waals surface area contributed by atoms with E-state index in [4.69, 9.17) is 0 Å². The van der Waals surface area contributed by atoms with E-state index in [1.54, 1.807) is 0 Å². The van der Waals surface area contributed by atoms with Crippen molar-refractivity contribution in [3.05, 3.63) is 0 Å². The Morgan fingerprint density at radius 2 is 1.88 bits per heavy atom. The second-order valence-electron chi connectivity index (χ2n) is 5.60. The fraction of sp³-hybridized carbons (Fsp3) is 0.923. The van der Waals surface area contributed by atoms with Gasteiger partial charge in [-0.1, -0.05) is 33.1 Å². The van der Waals surface area contributed by atoms with Gasteiger partial charge in [0.1, 0.15) is 0 Å². The van der Waals surface area contributed by atoms with Crippen LogP contribution in [0.25, 0.3) is 0 Å². The highest BCUT2D eigenvalue weighted by Gasteiger charge is 2.41. The molecule has 2 atom stereocenters. The van der Waals surface area contributed by atoms with Crippen LogP contribution >= 0.6 is 0 Å². The highest BCUT2D eigenvalue weighted by molar-refractivity contribution is 5.84. The highest BCUT2D eigenvalue weighted by Crippen LogP contribution is 2.28. The number of hydrogen-bond acceptors (Lipinski definition) is 2. The molecule has 2 rings (SSSR count). The summed E-state index contributed by atoms with van der Waals surface area (Å²) in [5, 5.41) is 3.43. The van der Waals surface area contributed by atoms with Gasteiger partial charge in [-0.3, -0.25) is 10.1 Å². The van der Waals surface area contributed by atoms with E-state index in [1.165, 1.54) is 32.1 Å². The Labute approximate surface area is 98.6 Å². The predicted molar refractivity (Wildman–Crippen MR) is 64.9 cm³/mol. The molecule has 3 nitrogen and oxygen atoms in total. The van der Waals surface area contributed by atoms with Gasteiger partial charge in [-0.05, 0) is 25.7 Å². The second kappa shape index (κ2) is 4.74. The van der Waals surface area contributed by atoms with Crippen molar-refractivity contribution in [3.63, 3.8) is 0 Å². The quantitative estimate of drug-likeness (QED) is 0.779. The highest BCUT2D eigenvalue weighted by atomic mass is 16.2. The van der Waals surface area contributed by atoms with Crippen LogP contribution in [-0.4, -0.2) is 29.1 Å². The number of hydrogen-bond donors (Lipinski definition) is 1. The Hall–Kier alpha value is -0.570. The molecule has 1 heterocycles. The third kappa shape index (κ3) is 2.10. The van der Waals surface area contributed by atoms with Gasteiger partial charge in [0.25, 0.3) is 0 Å². The van der Waals surface area contributed by atoms with Crippen LogP contribution in [0.5, 0.6) is 0 Å². The molecule has 1 saturated carbocycles. The van der Waals surface area contributed by atoms with Crippen molar-refractivity contribution in [1.82, 2.24) is 10.2 Å². The molecular formula is C13H24N2O. The Bertz CT molecular complexity index is 259. The van der Waals surface area contributed by atoms with Gasteiger partial charge >= 0.3 is 0 Å². The van der Waals surface area contributed by atoms with Gasteiger partial charge in [0, 0.05) is 6.04 Å². The van der Waals surface area contributed by atoms with E-state index >= 15 is 0 Å². The summed E-state index contributed by atoms with van der Waals surface area (Å²) in [5.41, 5.74) is 0. The SMILES string of the molecule is CC(C)C1NC(C)N(C2CCCCC2)C1=O. The summed E-state index contributed by atoms with van der Waals surface area (Å²) in [5.74, 6) is 0.720. The molecule has 0 spiro atoms. The first-order chi connectivity index (χ1) is 7.61. The predicted octanol–water partition coefficient (Wildman–Crippen LogP) is 2.12. The van der Waals surface area contributed by atoms with Crippen molar-refractivity contribution in [1.29, 1.82) is 0 Å². The Morgan fingerprint density at radius 1 is 1.25 bits per heavy atom. The summed E-state index contributed by atoms with van der Waals surface area (Å²) in [6.45, 7) is 6.36. The smallest absolute Gasteiger partial charge is 0.241 e. The van der Waals surface area contributed by atoms with Crippen LogP contribution in [0.2, 0.25) is 0 Å². The van der Waals surface area contributed by atoms with Crippen molar-refractivity contribution in [2.75, 3.05) is 0 Å². The lowest BCUT2D eigenvalue weighted by molar-refractivity contribution is -0.133. The van der Waals surface area contributed by atoms with E-state index in [2.05, 4.69) is 31.0 Å². The van der Waals surface area contributed by atoms with Gasteiger partial charge in [0.15, 0.2) is 0 Å². The van der Waals surface area contributed by atoms with E-state index < -0.39 is 0 Å². The average molecular weight is 224 g/mol. The first kappa shape index (κ1) is 11.9. The summed E-state index contributed by atoms with van der Waals surface area (Å²) in [6.07, 6.45) is 6.53. The molecule has 16 heavy (non-hydrogen) atoms. The molecule has 1 saturated heterocycles. The van der Waals surface area contributed by atoms with Crippen LogP contribution < -0.4 is 5.32 Å². The van der Waals surface area contributed by atoms with Crippen LogP contribution in [-0.2, 0) is 4.79 Å². The maximum atomic E-state index is 12.3. The maximum Gasteiger partial charge on any atom is 0.241 e. The average Bonchev–Trinajstić information content (AvgIpc) is 2.56. The van der Waals surface area contributed by atoms with E-state index in [0.29, 0.717) is 17.9 Å². The molecule has 92 valence electrons.